The van der Waals surface area contributed by atoms with Gasteiger partial charge in [-0.15, -0.1) is 0 Å². The fourth-order valence-corrected chi connectivity index (χ4v) is 4.27. The van der Waals surface area contributed by atoms with Crippen molar-refractivity contribution in [1.82, 2.24) is 15.2 Å². The maximum atomic E-state index is 13.0. The van der Waals surface area contributed by atoms with E-state index < -0.39 is 0 Å². The first-order chi connectivity index (χ1) is 10.2. The van der Waals surface area contributed by atoms with Crippen molar-refractivity contribution in [3.05, 3.63) is 11.1 Å². The molecule has 1 saturated carbocycles. The molecular weight excluding hydrogens is 284 g/mol. The molecule has 2 fully saturated rings. The lowest BCUT2D eigenvalue weighted by atomic mass is 9.81. The van der Waals surface area contributed by atoms with Gasteiger partial charge in [-0.05, 0) is 19.3 Å². The van der Waals surface area contributed by atoms with E-state index in [1.54, 1.807) is 0 Å². The quantitative estimate of drug-likeness (QED) is 0.897. The zero-order valence-electron chi connectivity index (χ0n) is 12.6. The maximum absolute atomic E-state index is 13.0. The van der Waals surface area contributed by atoms with Gasteiger partial charge in [-0.25, -0.2) is 4.98 Å². The first-order valence-corrected chi connectivity index (χ1v) is 8.78. The predicted molar refractivity (Wildman–Crippen MR) is 84.8 cm³/mol. The van der Waals surface area contributed by atoms with E-state index in [9.17, 15) is 4.79 Å². The van der Waals surface area contributed by atoms with E-state index in [0.717, 1.165) is 49.9 Å². The van der Waals surface area contributed by atoms with Crippen LogP contribution in [0, 0.1) is 0 Å². The normalized spacial score (nSPS) is 24.9. The van der Waals surface area contributed by atoms with Gasteiger partial charge in [0.2, 0.25) is 5.91 Å². The molecule has 116 valence electrons. The molecule has 3 N–H and O–H groups in total. The Morgan fingerprint density at radius 3 is 2.86 bits per heavy atom. The van der Waals surface area contributed by atoms with Gasteiger partial charge in [0.05, 0.1) is 10.4 Å². The van der Waals surface area contributed by atoms with Crippen molar-refractivity contribution >= 4 is 22.4 Å². The zero-order valence-corrected chi connectivity index (χ0v) is 13.4. The van der Waals surface area contributed by atoms with E-state index in [1.165, 1.54) is 17.8 Å². The molecule has 1 aromatic rings. The Kier molecular flexibility index (Phi) is 4.17. The molecule has 21 heavy (non-hydrogen) atoms. The molecule has 0 unspecified atom stereocenters. The number of rotatable bonds is 4. The lowest BCUT2D eigenvalue weighted by molar-refractivity contribution is -0.134. The molecule has 3 rings (SSSR count). The molecule has 1 saturated heterocycles. The summed E-state index contributed by atoms with van der Waals surface area (Å²) in [7, 11) is 0. The molecule has 6 heteroatoms. The van der Waals surface area contributed by atoms with Crippen LogP contribution >= 0.6 is 11.3 Å². The minimum atomic E-state index is -0.338. The number of carbonyl (C=O) groups excluding carboxylic acids is 1. The van der Waals surface area contributed by atoms with Crippen LogP contribution in [0.2, 0.25) is 0 Å². The maximum Gasteiger partial charge on any atom is 0.244 e. The van der Waals surface area contributed by atoms with Crippen molar-refractivity contribution in [3.8, 4) is 0 Å². The average Bonchev–Trinajstić information content (AvgIpc) is 3.02. The summed E-state index contributed by atoms with van der Waals surface area (Å²) in [6.45, 7) is 2.97. The Bertz CT molecular complexity index is 510. The number of nitrogens with zero attached hydrogens (tertiary/aromatic N) is 2. The summed E-state index contributed by atoms with van der Waals surface area (Å²) in [4.78, 5) is 20.2. The Hall–Kier alpha value is -1.14. The van der Waals surface area contributed by atoms with Gasteiger partial charge in [-0.2, -0.15) is 0 Å². The molecular formula is C15H24N4OS. The van der Waals surface area contributed by atoms with Crippen molar-refractivity contribution in [2.24, 2.45) is 0 Å². The Labute approximate surface area is 129 Å². The number of aromatic nitrogens is 1. The summed E-state index contributed by atoms with van der Waals surface area (Å²) >= 11 is 1.48. The van der Waals surface area contributed by atoms with Crippen LogP contribution in [0.5, 0.6) is 0 Å². The number of carbonyl (C=O) groups is 1. The summed E-state index contributed by atoms with van der Waals surface area (Å²) in [6, 6.07) is 0. The highest BCUT2D eigenvalue weighted by Gasteiger charge is 2.51. The average molecular weight is 308 g/mol. The standard InChI is InChI=1S/C15H24N4OS/c1-2-3-9-19-12(11-10-17-14(16)21-11)18-15(13(19)20)7-5-4-6-8-15/h10,12,18H,2-9H2,1H3,(H2,16,17)/t12-/m0/s1. The van der Waals surface area contributed by atoms with E-state index in [4.69, 9.17) is 5.73 Å². The second-order valence-electron chi connectivity index (χ2n) is 6.14. The molecule has 1 aliphatic carbocycles. The molecule has 1 aliphatic heterocycles. The summed E-state index contributed by atoms with van der Waals surface area (Å²) in [6.07, 6.45) is 9.32. The molecule has 2 aliphatic rings. The second-order valence-corrected chi connectivity index (χ2v) is 7.24. The van der Waals surface area contributed by atoms with Gasteiger partial charge in [-0.1, -0.05) is 43.9 Å². The van der Waals surface area contributed by atoms with Gasteiger partial charge in [-0.3, -0.25) is 10.1 Å². The highest BCUT2D eigenvalue weighted by Crippen LogP contribution is 2.41. The van der Waals surface area contributed by atoms with Gasteiger partial charge < -0.3 is 10.6 Å². The first kappa shape index (κ1) is 14.8. The molecule has 0 radical (unpaired) electrons. The highest BCUT2D eigenvalue weighted by molar-refractivity contribution is 7.15. The highest BCUT2D eigenvalue weighted by atomic mass is 32.1. The van der Waals surface area contributed by atoms with Crippen molar-refractivity contribution in [2.75, 3.05) is 12.3 Å². The number of amides is 1. The van der Waals surface area contributed by atoms with Gasteiger partial charge >= 0.3 is 0 Å². The summed E-state index contributed by atoms with van der Waals surface area (Å²) in [5, 5.41) is 4.20. The van der Waals surface area contributed by atoms with Crippen molar-refractivity contribution in [3.63, 3.8) is 0 Å². The third-order valence-corrected chi connectivity index (χ3v) is 5.54. The summed E-state index contributed by atoms with van der Waals surface area (Å²) in [5.74, 6) is 0.285. The molecule has 1 atom stereocenters. The van der Waals surface area contributed by atoms with E-state index in [0.29, 0.717) is 5.13 Å². The third kappa shape index (κ3) is 2.66. The van der Waals surface area contributed by atoms with Crippen LogP contribution < -0.4 is 11.1 Å². The number of unbranched alkanes of at least 4 members (excludes halogenated alkanes) is 1. The minimum Gasteiger partial charge on any atom is -0.375 e. The summed E-state index contributed by atoms with van der Waals surface area (Å²) < 4.78 is 0. The van der Waals surface area contributed by atoms with Crippen LogP contribution in [-0.2, 0) is 4.79 Å². The van der Waals surface area contributed by atoms with E-state index >= 15 is 0 Å². The molecule has 1 amide bonds. The van der Waals surface area contributed by atoms with Crippen LogP contribution in [0.25, 0.3) is 0 Å². The molecule has 0 bridgehead atoms. The number of hydrogen-bond acceptors (Lipinski definition) is 5. The van der Waals surface area contributed by atoms with Gasteiger partial charge in [0, 0.05) is 12.7 Å². The lowest BCUT2D eigenvalue weighted by Gasteiger charge is -2.31. The van der Waals surface area contributed by atoms with E-state index in [1.807, 2.05) is 11.1 Å². The molecule has 0 aromatic carbocycles. The van der Waals surface area contributed by atoms with Crippen molar-refractivity contribution < 1.29 is 4.79 Å². The SMILES string of the molecule is CCCCN1C(=O)C2(CCCCC2)N[C@@H]1c1cnc(N)s1. The Morgan fingerprint density at radius 1 is 1.48 bits per heavy atom. The Balaban J connectivity index is 1.87. The number of nitrogens with one attached hydrogen (secondary N) is 1. The number of hydrogen-bond donors (Lipinski definition) is 2. The van der Waals surface area contributed by atoms with Crippen LogP contribution in [-0.4, -0.2) is 27.9 Å². The first-order valence-electron chi connectivity index (χ1n) is 7.96. The van der Waals surface area contributed by atoms with Gasteiger partial charge in [0.25, 0.3) is 0 Å². The summed E-state index contributed by atoms with van der Waals surface area (Å²) in [5.41, 5.74) is 5.43. The third-order valence-electron chi connectivity index (χ3n) is 4.67. The number of nitrogens with two attached hydrogens (primary N) is 1. The topological polar surface area (TPSA) is 71.2 Å². The smallest absolute Gasteiger partial charge is 0.244 e. The van der Waals surface area contributed by atoms with Gasteiger partial charge in [0.15, 0.2) is 5.13 Å². The van der Waals surface area contributed by atoms with Crippen LogP contribution in [0.15, 0.2) is 6.20 Å². The molecule has 5 nitrogen and oxygen atoms in total. The van der Waals surface area contributed by atoms with E-state index in [-0.39, 0.29) is 17.6 Å². The zero-order chi connectivity index (χ0) is 14.9. The fourth-order valence-electron chi connectivity index (χ4n) is 3.52. The monoisotopic (exact) mass is 308 g/mol. The van der Waals surface area contributed by atoms with Crippen LogP contribution in [0.1, 0.15) is 62.9 Å². The van der Waals surface area contributed by atoms with Crippen LogP contribution in [0.3, 0.4) is 0 Å². The number of nitrogen functional groups attached to an aromatic ring is 1. The van der Waals surface area contributed by atoms with Gasteiger partial charge in [0.1, 0.15) is 6.17 Å². The lowest BCUT2D eigenvalue weighted by Crippen LogP contribution is -2.48. The minimum absolute atomic E-state index is 0.0445. The molecule has 1 spiro atoms. The predicted octanol–water partition coefficient (Wildman–Crippen LogP) is 2.66. The number of thiazole rings is 1. The number of anilines is 1. The Morgan fingerprint density at radius 2 is 2.24 bits per heavy atom. The van der Waals surface area contributed by atoms with E-state index in [2.05, 4.69) is 17.2 Å². The molecule has 2 heterocycles. The van der Waals surface area contributed by atoms with Crippen LogP contribution in [0.4, 0.5) is 5.13 Å². The molecule has 1 aromatic heterocycles. The fraction of sp³-hybridized carbons (Fsp3) is 0.733. The largest absolute Gasteiger partial charge is 0.375 e. The second kappa shape index (κ2) is 5.93. The van der Waals surface area contributed by atoms with Crippen molar-refractivity contribution in [2.45, 2.75) is 63.6 Å². The van der Waals surface area contributed by atoms with Crippen molar-refractivity contribution in [1.29, 1.82) is 0 Å².